The number of aromatic amines is 1. The minimum atomic E-state index is -2.85. The molecule has 0 bridgehead atoms. The van der Waals surface area contributed by atoms with Gasteiger partial charge in [-0.3, -0.25) is 14.3 Å². The predicted octanol–water partition coefficient (Wildman–Crippen LogP) is 1.45. The largest absolute Gasteiger partial charge is 0.750 e. The van der Waals surface area contributed by atoms with Crippen molar-refractivity contribution in [3.05, 3.63) is 73.4 Å². The van der Waals surface area contributed by atoms with E-state index in [0.717, 1.165) is 23.8 Å². The second-order valence-electron chi connectivity index (χ2n) is 7.44. The summed E-state index contributed by atoms with van der Waals surface area (Å²) in [7, 11) is -2.85. The number of alkyl halides is 1. The van der Waals surface area contributed by atoms with Crippen LogP contribution in [-0.2, 0) is 20.4 Å². The molecule has 5 atom stereocenters. The summed E-state index contributed by atoms with van der Waals surface area (Å²) in [6.07, 6.45) is -2.46. The molecule has 13 nitrogen and oxygen atoms in total. The van der Waals surface area contributed by atoms with Crippen LogP contribution in [0.25, 0.3) is 10.4 Å². The fourth-order valence-corrected chi connectivity index (χ4v) is 3.99. The highest BCUT2D eigenvalue weighted by Gasteiger charge is 2.63. The van der Waals surface area contributed by atoms with E-state index in [-0.39, 0.29) is 12.3 Å². The molecule has 2 heterocycles. The van der Waals surface area contributed by atoms with E-state index in [1.807, 2.05) is 4.98 Å². The smallest absolute Gasteiger partial charge is 0.387 e. The molecule has 0 radical (unpaired) electrons. The van der Waals surface area contributed by atoms with Gasteiger partial charge in [-0.2, -0.15) is 0 Å². The fourth-order valence-electron chi connectivity index (χ4n) is 3.32. The van der Waals surface area contributed by atoms with E-state index in [9.17, 15) is 28.8 Å². The highest BCUT2D eigenvalue weighted by atomic mass is 31.1. The van der Waals surface area contributed by atoms with Crippen LogP contribution in [0.2, 0.25) is 0 Å². The molecule has 0 amide bonds. The van der Waals surface area contributed by atoms with Crippen LogP contribution in [0.5, 0.6) is 5.75 Å². The first-order valence-electron chi connectivity index (χ1n) is 9.46. The van der Waals surface area contributed by atoms with Gasteiger partial charge in [-0.15, -0.1) is 4.52 Å². The summed E-state index contributed by atoms with van der Waals surface area (Å²) in [4.78, 5) is 28.0. The van der Waals surface area contributed by atoms with Crippen molar-refractivity contribution in [3.8, 4) is 5.75 Å². The number of hydrogen-bond acceptors (Lipinski definition) is 9. The first kappa shape index (κ1) is 24.5. The Labute approximate surface area is 185 Å². The Bertz CT molecular complexity index is 1180. The molecule has 33 heavy (non-hydrogen) atoms. The molecule has 1 aromatic carbocycles. The number of hydrogen-bond donors (Lipinski definition) is 3. The number of nitrogens with zero attached hydrogens (tertiary/aromatic N) is 4. The first-order chi connectivity index (χ1) is 15.6. The van der Waals surface area contributed by atoms with Crippen molar-refractivity contribution in [2.24, 2.45) is 5.11 Å². The molecule has 0 saturated carbocycles. The zero-order valence-corrected chi connectivity index (χ0v) is 18.1. The minimum Gasteiger partial charge on any atom is -0.387 e. The summed E-state index contributed by atoms with van der Waals surface area (Å²) < 4.78 is 42.7. The van der Waals surface area contributed by atoms with E-state index >= 15 is 0 Å². The lowest BCUT2D eigenvalue weighted by atomic mass is 9.88. The Hall–Kier alpha value is -3.12. The van der Waals surface area contributed by atoms with Crippen molar-refractivity contribution < 1.29 is 33.0 Å². The fraction of sp³-hybridized carbons (Fsp3) is 0.444. The van der Waals surface area contributed by atoms with Gasteiger partial charge >= 0.3 is 13.9 Å². The molecular formula is C18H20FN5O8P+. The lowest BCUT2D eigenvalue weighted by Gasteiger charge is -2.29. The minimum absolute atomic E-state index is 0.118. The van der Waals surface area contributed by atoms with Crippen LogP contribution in [0.15, 0.2) is 51.2 Å². The van der Waals surface area contributed by atoms with Crippen molar-refractivity contribution >= 4 is 8.25 Å². The van der Waals surface area contributed by atoms with Crippen molar-refractivity contribution in [2.45, 2.75) is 37.0 Å². The number of nitrogens with one attached hydrogen (secondary N) is 1. The van der Waals surface area contributed by atoms with Crippen LogP contribution in [0, 0.1) is 0 Å². The van der Waals surface area contributed by atoms with Gasteiger partial charge in [0.1, 0.15) is 25.0 Å². The lowest BCUT2D eigenvalue weighted by Crippen LogP contribution is -2.53. The monoisotopic (exact) mass is 484 g/mol. The maximum Gasteiger partial charge on any atom is 0.750 e. The SMILES string of the molecule is C[C@@]1(O)[C@H](O)[C@@](CF)(CO[P+](=O)Oc2ccc(CN=[N+]=[N-])cc2)O[C@H]1n1ccc(=O)[nH]c1=O. The summed E-state index contributed by atoms with van der Waals surface area (Å²) in [5, 5.41) is 24.7. The number of benzene rings is 1. The topological polar surface area (TPSA) is 189 Å². The molecule has 0 aliphatic carbocycles. The van der Waals surface area contributed by atoms with Crippen LogP contribution in [0.1, 0.15) is 18.7 Å². The highest BCUT2D eigenvalue weighted by molar-refractivity contribution is 7.33. The Kier molecular flexibility index (Phi) is 7.28. The number of H-pyrrole nitrogens is 1. The average molecular weight is 484 g/mol. The zero-order valence-electron chi connectivity index (χ0n) is 17.2. The summed E-state index contributed by atoms with van der Waals surface area (Å²) in [5.74, 6) is 0.146. The first-order valence-corrected chi connectivity index (χ1v) is 10.6. The second-order valence-corrected chi connectivity index (χ2v) is 8.32. The van der Waals surface area contributed by atoms with Gasteiger partial charge in [0.2, 0.25) is 0 Å². The number of aliphatic hydroxyl groups excluding tert-OH is 1. The van der Waals surface area contributed by atoms with Gasteiger partial charge in [0.05, 0.1) is 6.54 Å². The normalized spacial score (nSPS) is 27.1. The van der Waals surface area contributed by atoms with Crippen LogP contribution >= 0.6 is 8.25 Å². The van der Waals surface area contributed by atoms with Gasteiger partial charge in [-0.25, -0.2) is 13.7 Å². The van der Waals surface area contributed by atoms with Gasteiger partial charge in [0, 0.05) is 21.7 Å². The molecule has 2 aromatic rings. The van der Waals surface area contributed by atoms with E-state index in [1.165, 1.54) is 12.1 Å². The Morgan fingerprint density at radius 1 is 1.36 bits per heavy atom. The third kappa shape index (κ3) is 5.11. The van der Waals surface area contributed by atoms with E-state index in [1.54, 1.807) is 12.1 Å². The molecule has 1 aromatic heterocycles. The molecule has 3 rings (SSSR count). The van der Waals surface area contributed by atoms with Crippen LogP contribution in [0.3, 0.4) is 0 Å². The van der Waals surface area contributed by atoms with E-state index in [2.05, 4.69) is 10.0 Å². The van der Waals surface area contributed by atoms with Crippen molar-refractivity contribution in [3.63, 3.8) is 0 Å². The molecule has 1 aliphatic rings. The third-order valence-electron chi connectivity index (χ3n) is 5.06. The summed E-state index contributed by atoms with van der Waals surface area (Å²) in [5.41, 5.74) is 3.00. The Morgan fingerprint density at radius 2 is 2.06 bits per heavy atom. The zero-order chi connectivity index (χ0) is 24.2. The number of aliphatic hydroxyl groups is 2. The number of azide groups is 1. The highest BCUT2D eigenvalue weighted by Crippen LogP contribution is 2.45. The van der Waals surface area contributed by atoms with Gasteiger partial charge in [-0.05, 0) is 30.2 Å². The number of ether oxygens (including phenoxy) is 1. The Balaban J connectivity index is 1.72. The van der Waals surface area contributed by atoms with Crippen LogP contribution in [0.4, 0.5) is 4.39 Å². The molecule has 1 unspecified atom stereocenters. The lowest BCUT2D eigenvalue weighted by molar-refractivity contribution is -0.135. The number of halogens is 1. The van der Waals surface area contributed by atoms with Crippen LogP contribution < -0.4 is 15.8 Å². The van der Waals surface area contributed by atoms with Gasteiger partial charge in [0.15, 0.2) is 17.6 Å². The molecule has 1 saturated heterocycles. The molecule has 3 N–H and O–H groups in total. The van der Waals surface area contributed by atoms with Gasteiger partial charge in [0.25, 0.3) is 5.56 Å². The summed E-state index contributed by atoms with van der Waals surface area (Å²) >= 11 is 0. The van der Waals surface area contributed by atoms with Gasteiger partial charge in [-0.1, -0.05) is 17.2 Å². The van der Waals surface area contributed by atoms with Crippen molar-refractivity contribution in [2.75, 3.05) is 13.3 Å². The molecule has 1 aliphatic heterocycles. The molecular weight excluding hydrogens is 464 g/mol. The summed E-state index contributed by atoms with van der Waals surface area (Å²) in [6.45, 7) is -0.922. The molecule has 1 fully saturated rings. The van der Waals surface area contributed by atoms with Crippen molar-refractivity contribution in [1.82, 2.24) is 9.55 Å². The maximum absolute atomic E-state index is 14.0. The van der Waals surface area contributed by atoms with Gasteiger partial charge < -0.3 is 14.9 Å². The number of aromatic nitrogens is 2. The van der Waals surface area contributed by atoms with E-state index < -0.39 is 56.3 Å². The van der Waals surface area contributed by atoms with E-state index in [0.29, 0.717) is 5.56 Å². The average Bonchev–Trinajstić information content (AvgIpc) is 2.98. The van der Waals surface area contributed by atoms with E-state index in [4.69, 9.17) is 19.3 Å². The molecule has 15 heteroatoms. The predicted molar refractivity (Wildman–Crippen MR) is 110 cm³/mol. The Morgan fingerprint density at radius 3 is 2.67 bits per heavy atom. The standard InChI is InChI=1S/C18H19FN5O8P/c1-17(28)14(26)18(9-19,31-15(17)24-7-6-13(25)22-16(24)27)10-30-33(29)32-12-4-2-11(3-5-12)8-21-23-20/h2-7,14-15,26,28H,8-10H2,1H3/p+1/t14-,15+,17+,18+/m0/s1. The molecule has 176 valence electrons. The number of rotatable bonds is 9. The third-order valence-corrected chi connectivity index (χ3v) is 5.76. The van der Waals surface area contributed by atoms with Crippen LogP contribution in [-0.4, -0.2) is 50.4 Å². The molecule has 0 spiro atoms. The second kappa shape index (κ2) is 9.79. The summed E-state index contributed by atoms with van der Waals surface area (Å²) in [6, 6.07) is 7.04. The maximum atomic E-state index is 14.0. The van der Waals surface area contributed by atoms with Crippen molar-refractivity contribution in [1.29, 1.82) is 0 Å². The quantitative estimate of drug-likeness (QED) is 0.206.